The van der Waals surface area contributed by atoms with Gasteiger partial charge in [-0.05, 0) is 19.1 Å². The minimum Gasteiger partial charge on any atom is -0.385 e. The lowest BCUT2D eigenvalue weighted by Gasteiger charge is -2.05. The van der Waals surface area contributed by atoms with Gasteiger partial charge in [-0.25, -0.2) is 0 Å². The Morgan fingerprint density at radius 3 is 2.73 bits per heavy atom. The predicted molar refractivity (Wildman–Crippen MR) is 46.9 cm³/mol. The molecule has 0 radical (unpaired) electrons. The van der Waals surface area contributed by atoms with Gasteiger partial charge < -0.3 is 5.32 Å². The normalized spacial score (nSPS) is 9.18. The van der Waals surface area contributed by atoms with E-state index in [0.29, 0.717) is 0 Å². The molecular weight excluding hydrogens is 136 g/mol. The van der Waals surface area contributed by atoms with Gasteiger partial charge in [0.2, 0.25) is 0 Å². The monoisotopic (exact) mass is 148 g/mol. The molecule has 0 aliphatic rings. The number of nitrogens with one attached hydrogen (secondary N) is 1. The number of pyridine rings is 1. The maximum absolute atomic E-state index is 3.92. The fraction of sp³-hybridized carbons (Fsp3) is 0.222. The van der Waals surface area contributed by atoms with Crippen LogP contribution in [0, 0.1) is 0 Å². The number of nitrogens with zero attached hydrogens (tertiary/aromatic N) is 1. The molecule has 11 heavy (non-hydrogen) atoms. The molecule has 0 aliphatic carbocycles. The first kappa shape index (κ1) is 7.79. The van der Waals surface area contributed by atoms with E-state index >= 15 is 0 Å². The van der Waals surface area contributed by atoms with Gasteiger partial charge in [-0.2, -0.15) is 0 Å². The second kappa shape index (κ2) is 3.76. The topological polar surface area (TPSA) is 24.9 Å². The van der Waals surface area contributed by atoms with Crippen molar-refractivity contribution in [2.75, 3.05) is 6.54 Å². The van der Waals surface area contributed by atoms with Gasteiger partial charge in [0.05, 0.1) is 0 Å². The van der Waals surface area contributed by atoms with Gasteiger partial charge in [-0.15, -0.1) is 0 Å². The Hall–Kier alpha value is -1.31. The molecule has 0 spiro atoms. The predicted octanol–water partition coefficient (Wildman–Crippen LogP) is 1.66. The van der Waals surface area contributed by atoms with E-state index in [1.54, 1.807) is 12.4 Å². The largest absolute Gasteiger partial charge is 0.385 e. The molecule has 2 heteroatoms. The summed E-state index contributed by atoms with van der Waals surface area (Å²) in [6.07, 6.45) is 3.52. The van der Waals surface area contributed by atoms with Crippen molar-refractivity contribution < 1.29 is 0 Å². The zero-order valence-corrected chi connectivity index (χ0v) is 6.67. The van der Waals surface area contributed by atoms with Crippen LogP contribution in [0.2, 0.25) is 0 Å². The van der Waals surface area contributed by atoms with E-state index in [1.807, 2.05) is 19.1 Å². The molecule has 0 fully saturated rings. The van der Waals surface area contributed by atoms with Crippen molar-refractivity contribution in [3.63, 3.8) is 0 Å². The fourth-order valence-electron chi connectivity index (χ4n) is 0.869. The van der Waals surface area contributed by atoms with Gasteiger partial charge >= 0.3 is 0 Å². The van der Waals surface area contributed by atoms with E-state index in [-0.39, 0.29) is 0 Å². The lowest BCUT2D eigenvalue weighted by molar-refractivity contribution is 0.941. The van der Waals surface area contributed by atoms with E-state index in [0.717, 1.165) is 17.8 Å². The van der Waals surface area contributed by atoms with E-state index in [1.165, 1.54) is 0 Å². The Morgan fingerprint density at radius 1 is 1.55 bits per heavy atom. The standard InChI is InChI=1S/C9H12N2/c1-3-11-8(2)9-4-6-10-7-5-9/h4-7,11H,2-3H2,1H3. The molecule has 0 aromatic carbocycles. The summed E-state index contributed by atoms with van der Waals surface area (Å²) in [5.41, 5.74) is 2.05. The zero-order valence-electron chi connectivity index (χ0n) is 6.67. The van der Waals surface area contributed by atoms with Gasteiger partial charge in [-0.3, -0.25) is 4.98 Å². The average molecular weight is 148 g/mol. The van der Waals surface area contributed by atoms with E-state index in [4.69, 9.17) is 0 Å². The van der Waals surface area contributed by atoms with E-state index < -0.39 is 0 Å². The van der Waals surface area contributed by atoms with Crippen molar-refractivity contribution in [1.82, 2.24) is 10.3 Å². The summed E-state index contributed by atoms with van der Waals surface area (Å²) >= 11 is 0. The van der Waals surface area contributed by atoms with Gasteiger partial charge in [0.15, 0.2) is 0 Å². The van der Waals surface area contributed by atoms with Gasteiger partial charge in [0, 0.05) is 30.2 Å². The van der Waals surface area contributed by atoms with Gasteiger partial charge in [-0.1, -0.05) is 6.58 Å². The third-order valence-corrected chi connectivity index (χ3v) is 1.42. The first-order chi connectivity index (χ1) is 5.34. The van der Waals surface area contributed by atoms with Crippen LogP contribution in [-0.4, -0.2) is 11.5 Å². The van der Waals surface area contributed by atoms with Crippen LogP contribution in [-0.2, 0) is 0 Å². The Labute approximate surface area is 67.0 Å². The molecule has 0 aliphatic heterocycles. The van der Waals surface area contributed by atoms with Crippen molar-refractivity contribution in [3.05, 3.63) is 36.7 Å². The first-order valence-electron chi connectivity index (χ1n) is 3.67. The second-order valence-corrected chi connectivity index (χ2v) is 2.24. The average Bonchev–Trinajstić information content (AvgIpc) is 2.07. The Morgan fingerprint density at radius 2 is 2.18 bits per heavy atom. The van der Waals surface area contributed by atoms with Crippen molar-refractivity contribution in [2.45, 2.75) is 6.92 Å². The molecule has 0 bridgehead atoms. The summed E-state index contributed by atoms with van der Waals surface area (Å²) in [4.78, 5) is 3.92. The Balaban J connectivity index is 2.69. The summed E-state index contributed by atoms with van der Waals surface area (Å²) in [5, 5.41) is 3.14. The summed E-state index contributed by atoms with van der Waals surface area (Å²) in [6.45, 7) is 6.83. The van der Waals surface area contributed by atoms with E-state index in [9.17, 15) is 0 Å². The quantitative estimate of drug-likeness (QED) is 0.705. The molecule has 1 aromatic rings. The van der Waals surface area contributed by atoms with Crippen LogP contribution in [0.25, 0.3) is 5.70 Å². The third kappa shape index (κ3) is 2.08. The lowest BCUT2D eigenvalue weighted by Crippen LogP contribution is -2.09. The molecule has 58 valence electrons. The van der Waals surface area contributed by atoms with Crippen molar-refractivity contribution in [2.24, 2.45) is 0 Å². The highest BCUT2D eigenvalue weighted by atomic mass is 14.9. The second-order valence-electron chi connectivity index (χ2n) is 2.24. The van der Waals surface area contributed by atoms with Crippen LogP contribution in [0.5, 0.6) is 0 Å². The van der Waals surface area contributed by atoms with Crippen LogP contribution < -0.4 is 5.32 Å². The molecule has 1 aromatic heterocycles. The Kier molecular flexibility index (Phi) is 2.66. The van der Waals surface area contributed by atoms with E-state index in [2.05, 4.69) is 16.9 Å². The zero-order chi connectivity index (χ0) is 8.10. The van der Waals surface area contributed by atoms with Crippen LogP contribution in [0.15, 0.2) is 31.1 Å². The van der Waals surface area contributed by atoms with Gasteiger partial charge in [0.25, 0.3) is 0 Å². The number of hydrogen-bond acceptors (Lipinski definition) is 2. The Bertz CT molecular complexity index is 229. The molecule has 0 amide bonds. The van der Waals surface area contributed by atoms with Crippen LogP contribution in [0.4, 0.5) is 0 Å². The van der Waals surface area contributed by atoms with Crippen molar-refractivity contribution in [1.29, 1.82) is 0 Å². The van der Waals surface area contributed by atoms with Crippen molar-refractivity contribution in [3.8, 4) is 0 Å². The number of hydrogen-bond donors (Lipinski definition) is 1. The third-order valence-electron chi connectivity index (χ3n) is 1.42. The minimum absolute atomic E-state index is 0.904. The summed E-state index contributed by atoms with van der Waals surface area (Å²) in [6, 6.07) is 3.87. The highest BCUT2D eigenvalue weighted by molar-refractivity contribution is 5.60. The minimum atomic E-state index is 0.904. The number of rotatable bonds is 3. The van der Waals surface area contributed by atoms with Crippen LogP contribution in [0.1, 0.15) is 12.5 Å². The maximum Gasteiger partial charge on any atom is 0.0341 e. The molecule has 0 unspecified atom stereocenters. The molecule has 0 saturated carbocycles. The summed E-state index contributed by atoms with van der Waals surface area (Å²) in [5.74, 6) is 0. The summed E-state index contributed by atoms with van der Waals surface area (Å²) < 4.78 is 0. The van der Waals surface area contributed by atoms with Gasteiger partial charge in [0.1, 0.15) is 0 Å². The molecule has 1 N–H and O–H groups in total. The first-order valence-corrected chi connectivity index (χ1v) is 3.67. The molecule has 1 heterocycles. The number of aromatic nitrogens is 1. The lowest BCUT2D eigenvalue weighted by atomic mass is 10.2. The maximum atomic E-state index is 3.92. The molecule has 0 atom stereocenters. The fourth-order valence-corrected chi connectivity index (χ4v) is 0.869. The molecular formula is C9H12N2. The van der Waals surface area contributed by atoms with Crippen LogP contribution >= 0.6 is 0 Å². The van der Waals surface area contributed by atoms with Crippen LogP contribution in [0.3, 0.4) is 0 Å². The van der Waals surface area contributed by atoms with Crippen molar-refractivity contribution >= 4 is 5.70 Å². The highest BCUT2D eigenvalue weighted by Gasteiger charge is 1.93. The molecule has 1 rings (SSSR count). The molecule has 2 nitrogen and oxygen atoms in total. The smallest absolute Gasteiger partial charge is 0.0341 e. The molecule has 0 saturated heterocycles. The summed E-state index contributed by atoms with van der Waals surface area (Å²) in [7, 11) is 0. The highest BCUT2D eigenvalue weighted by Crippen LogP contribution is 2.05. The SMILES string of the molecule is C=C(NCC)c1ccncc1.